The summed E-state index contributed by atoms with van der Waals surface area (Å²) in [5.74, 6) is -3.12. The van der Waals surface area contributed by atoms with E-state index in [4.69, 9.17) is 0 Å². The van der Waals surface area contributed by atoms with E-state index >= 15 is 0 Å². The molecule has 3 N–H and O–H groups in total. The molecule has 8 nitrogen and oxygen atoms in total. The maximum Gasteiger partial charge on any atom is 0.425 e. The van der Waals surface area contributed by atoms with Gasteiger partial charge in [0, 0.05) is 11.3 Å². The van der Waals surface area contributed by atoms with E-state index in [1.54, 1.807) is 0 Å². The second kappa shape index (κ2) is 7.78. The third kappa shape index (κ3) is 4.66. The Hall–Kier alpha value is -3.21. The molecule has 0 aliphatic rings. The molecule has 0 saturated heterocycles. The number of hydrogen-bond acceptors (Lipinski definition) is 5. The fraction of sp³-hybridized carbons (Fsp3) is 0.0667. The van der Waals surface area contributed by atoms with Gasteiger partial charge in [0.1, 0.15) is 0 Å². The molecule has 0 bridgehead atoms. The third-order valence-electron chi connectivity index (χ3n) is 3.06. The van der Waals surface area contributed by atoms with Crippen molar-refractivity contribution in [3.63, 3.8) is 0 Å². The maximum atomic E-state index is 13.2. The largest absolute Gasteiger partial charge is 0.452 e. The van der Waals surface area contributed by atoms with Gasteiger partial charge < -0.3 is 4.74 Å². The number of hydrogen-bond donors (Lipinski definition) is 3. The number of anilines is 1. The van der Waals surface area contributed by atoms with Crippen molar-refractivity contribution >= 4 is 27.7 Å². The number of hydrazine groups is 1. The molecule has 0 radical (unpaired) electrons. The van der Waals surface area contributed by atoms with Crippen molar-refractivity contribution in [2.24, 2.45) is 0 Å². The summed E-state index contributed by atoms with van der Waals surface area (Å²) in [5, 5.41) is 0. The van der Waals surface area contributed by atoms with Crippen molar-refractivity contribution in [3.05, 3.63) is 59.7 Å². The Morgan fingerprint density at radius 1 is 0.962 bits per heavy atom. The summed E-state index contributed by atoms with van der Waals surface area (Å²) in [6.07, 6.45) is -0.866. The van der Waals surface area contributed by atoms with E-state index in [1.165, 1.54) is 24.3 Å². The maximum absolute atomic E-state index is 13.2. The molecule has 0 aromatic heterocycles. The van der Waals surface area contributed by atoms with E-state index in [2.05, 4.69) is 14.9 Å². The first kappa shape index (κ1) is 19.1. The number of methoxy groups -OCH3 is 1. The molecule has 2 amide bonds. The van der Waals surface area contributed by atoms with Crippen LogP contribution in [0.25, 0.3) is 0 Å². The molecule has 2 aromatic rings. The quantitative estimate of drug-likeness (QED) is 0.694. The molecule has 0 heterocycles. The molecule has 0 spiro atoms. The summed E-state index contributed by atoms with van der Waals surface area (Å²) in [5.41, 5.74) is 4.26. The molecule has 0 aliphatic carbocycles. The second-order valence-corrected chi connectivity index (χ2v) is 6.51. The second-order valence-electron chi connectivity index (χ2n) is 4.83. The van der Waals surface area contributed by atoms with Crippen molar-refractivity contribution in [1.29, 1.82) is 0 Å². The van der Waals surface area contributed by atoms with Gasteiger partial charge in [0.25, 0.3) is 15.9 Å². The lowest BCUT2D eigenvalue weighted by Gasteiger charge is -2.10. The number of halogens is 2. The molecule has 0 fully saturated rings. The molecule has 26 heavy (non-hydrogen) atoms. The molecule has 0 atom stereocenters. The van der Waals surface area contributed by atoms with E-state index in [1.807, 2.05) is 5.43 Å². The van der Waals surface area contributed by atoms with Gasteiger partial charge in [0.2, 0.25) is 0 Å². The van der Waals surface area contributed by atoms with Gasteiger partial charge >= 0.3 is 6.09 Å². The summed E-state index contributed by atoms with van der Waals surface area (Å²) < 4.78 is 56.9. The van der Waals surface area contributed by atoms with Crippen LogP contribution in [0.3, 0.4) is 0 Å². The van der Waals surface area contributed by atoms with E-state index in [0.717, 1.165) is 13.2 Å². The van der Waals surface area contributed by atoms with Crippen LogP contribution in [-0.4, -0.2) is 27.5 Å². The molecular formula is C15H13F2N3O5S. The fourth-order valence-electron chi connectivity index (χ4n) is 1.78. The van der Waals surface area contributed by atoms with Crippen LogP contribution in [0.4, 0.5) is 19.3 Å². The van der Waals surface area contributed by atoms with Gasteiger partial charge in [-0.25, -0.2) is 27.4 Å². The number of amides is 2. The van der Waals surface area contributed by atoms with Crippen molar-refractivity contribution in [2.45, 2.75) is 4.90 Å². The molecule has 0 unspecified atom stereocenters. The lowest BCUT2D eigenvalue weighted by atomic mass is 10.2. The van der Waals surface area contributed by atoms with Gasteiger partial charge in [0.05, 0.1) is 12.0 Å². The summed E-state index contributed by atoms with van der Waals surface area (Å²) in [7, 11) is -3.02. The summed E-state index contributed by atoms with van der Waals surface area (Å²) in [6, 6.07) is 7.31. The minimum atomic E-state index is -4.14. The van der Waals surface area contributed by atoms with Gasteiger partial charge in [-0.1, -0.05) is 0 Å². The zero-order valence-electron chi connectivity index (χ0n) is 13.2. The first-order chi connectivity index (χ1) is 12.2. The Bertz CT molecular complexity index is 933. The minimum Gasteiger partial charge on any atom is -0.452 e. The standard InChI is InChI=1S/C15H13F2N3O5S/c1-25-15(22)19-18-14(21)9-2-4-10(5-3-9)20-26(23,24)11-6-7-12(16)13(17)8-11/h2-8,20H,1H3,(H,18,21)(H,19,22). The summed E-state index contributed by atoms with van der Waals surface area (Å²) in [6.45, 7) is 0. The molecule has 0 saturated carbocycles. The zero-order chi connectivity index (χ0) is 19.3. The lowest BCUT2D eigenvalue weighted by Crippen LogP contribution is -2.41. The zero-order valence-corrected chi connectivity index (χ0v) is 14.1. The predicted octanol–water partition coefficient (Wildman–Crippen LogP) is 1.77. The number of ether oxygens (including phenoxy) is 1. The molecule has 2 aromatic carbocycles. The molecule has 2 rings (SSSR count). The third-order valence-corrected chi connectivity index (χ3v) is 4.44. The van der Waals surface area contributed by atoms with Gasteiger partial charge in [-0.15, -0.1) is 0 Å². The molecular weight excluding hydrogens is 372 g/mol. The number of nitrogens with one attached hydrogen (secondary N) is 3. The SMILES string of the molecule is COC(=O)NNC(=O)c1ccc(NS(=O)(=O)c2ccc(F)c(F)c2)cc1. The number of sulfonamides is 1. The van der Waals surface area contributed by atoms with E-state index in [9.17, 15) is 26.8 Å². The van der Waals surface area contributed by atoms with Crippen LogP contribution in [0.15, 0.2) is 47.4 Å². The highest BCUT2D eigenvalue weighted by Gasteiger charge is 2.17. The molecule has 11 heteroatoms. The van der Waals surface area contributed by atoms with Crippen LogP contribution in [-0.2, 0) is 14.8 Å². The first-order valence-electron chi connectivity index (χ1n) is 6.95. The van der Waals surface area contributed by atoms with E-state index in [0.29, 0.717) is 12.1 Å². The van der Waals surface area contributed by atoms with Crippen LogP contribution in [0.2, 0.25) is 0 Å². The monoisotopic (exact) mass is 385 g/mol. The van der Waals surface area contributed by atoms with Crippen LogP contribution in [0.5, 0.6) is 0 Å². The number of carbonyl (C=O) groups excluding carboxylic acids is 2. The van der Waals surface area contributed by atoms with Crippen molar-refractivity contribution in [2.75, 3.05) is 11.8 Å². The Kier molecular flexibility index (Phi) is 5.72. The van der Waals surface area contributed by atoms with Crippen molar-refractivity contribution in [3.8, 4) is 0 Å². The highest BCUT2D eigenvalue weighted by molar-refractivity contribution is 7.92. The highest BCUT2D eigenvalue weighted by atomic mass is 32.2. The number of benzene rings is 2. The topological polar surface area (TPSA) is 114 Å². The fourth-order valence-corrected chi connectivity index (χ4v) is 2.85. The van der Waals surface area contributed by atoms with Crippen LogP contribution < -0.4 is 15.6 Å². The summed E-state index contributed by atoms with van der Waals surface area (Å²) in [4.78, 5) is 22.2. The van der Waals surface area contributed by atoms with Gasteiger partial charge in [0.15, 0.2) is 11.6 Å². The molecule has 0 aliphatic heterocycles. The minimum absolute atomic E-state index is 0.0900. The Morgan fingerprint density at radius 3 is 2.19 bits per heavy atom. The number of rotatable bonds is 4. The van der Waals surface area contributed by atoms with Gasteiger partial charge in [-0.3, -0.25) is 14.9 Å². The molecule has 138 valence electrons. The van der Waals surface area contributed by atoms with Gasteiger partial charge in [-0.05, 0) is 42.5 Å². The lowest BCUT2D eigenvalue weighted by molar-refractivity contribution is 0.0920. The van der Waals surface area contributed by atoms with E-state index < -0.39 is 38.6 Å². The average molecular weight is 385 g/mol. The Morgan fingerprint density at radius 2 is 1.62 bits per heavy atom. The Labute approximate surface area is 147 Å². The first-order valence-corrected chi connectivity index (χ1v) is 8.43. The van der Waals surface area contributed by atoms with Gasteiger partial charge in [-0.2, -0.15) is 0 Å². The van der Waals surface area contributed by atoms with Crippen LogP contribution in [0.1, 0.15) is 10.4 Å². The van der Waals surface area contributed by atoms with E-state index in [-0.39, 0.29) is 11.3 Å². The van der Waals surface area contributed by atoms with Crippen molar-refractivity contribution in [1.82, 2.24) is 10.9 Å². The average Bonchev–Trinajstić information content (AvgIpc) is 2.61. The summed E-state index contributed by atoms with van der Waals surface area (Å²) >= 11 is 0. The highest BCUT2D eigenvalue weighted by Crippen LogP contribution is 2.18. The number of carbonyl (C=O) groups is 2. The van der Waals surface area contributed by atoms with Crippen LogP contribution >= 0.6 is 0 Å². The van der Waals surface area contributed by atoms with Crippen molar-refractivity contribution < 1.29 is 31.5 Å². The predicted molar refractivity (Wildman–Crippen MR) is 86.6 cm³/mol. The smallest absolute Gasteiger partial charge is 0.425 e. The van der Waals surface area contributed by atoms with Crippen LogP contribution in [0, 0.1) is 11.6 Å². The Balaban J connectivity index is 2.09. The normalized spacial score (nSPS) is 10.7.